The molecule has 0 saturated heterocycles. The van der Waals surface area contributed by atoms with E-state index in [0.717, 1.165) is 0 Å². The smallest absolute Gasteiger partial charge is 0.196 e. The summed E-state index contributed by atoms with van der Waals surface area (Å²) in [7, 11) is 1.46. The van der Waals surface area contributed by atoms with Gasteiger partial charge < -0.3 is 4.74 Å². The first kappa shape index (κ1) is 13.6. The van der Waals surface area contributed by atoms with Crippen LogP contribution in [0.2, 0.25) is 5.02 Å². The zero-order valence-corrected chi connectivity index (χ0v) is 11.3. The van der Waals surface area contributed by atoms with Crippen molar-refractivity contribution < 1.29 is 13.9 Å². The molecule has 0 unspecified atom stereocenters. The molecular formula is C15H12ClFO2. The van der Waals surface area contributed by atoms with Gasteiger partial charge in [-0.25, -0.2) is 4.39 Å². The Labute approximate surface area is 115 Å². The first-order valence-electron chi connectivity index (χ1n) is 5.67. The zero-order chi connectivity index (χ0) is 14.0. The largest absolute Gasteiger partial charge is 0.496 e. The average Bonchev–Trinajstić information content (AvgIpc) is 2.41. The third kappa shape index (κ3) is 2.76. The Morgan fingerprint density at radius 2 is 1.95 bits per heavy atom. The van der Waals surface area contributed by atoms with Crippen LogP contribution in [0.4, 0.5) is 4.39 Å². The quantitative estimate of drug-likeness (QED) is 0.793. The lowest BCUT2D eigenvalue weighted by Crippen LogP contribution is -2.04. The van der Waals surface area contributed by atoms with E-state index in [1.54, 1.807) is 37.3 Å². The van der Waals surface area contributed by atoms with Gasteiger partial charge in [0.05, 0.1) is 12.7 Å². The highest BCUT2D eigenvalue weighted by Gasteiger charge is 2.15. The second-order valence-electron chi connectivity index (χ2n) is 4.14. The number of ketones is 1. The number of rotatable bonds is 3. The van der Waals surface area contributed by atoms with Gasteiger partial charge in [0.25, 0.3) is 0 Å². The summed E-state index contributed by atoms with van der Waals surface area (Å²) in [6, 6.07) is 9.12. The van der Waals surface area contributed by atoms with Crippen molar-refractivity contribution in [3.63, 3.8) is 0 Å². The molecule has 0 aromatic heterocycles. The van der Waals surface area contributed by atoms with Crippen LogP contribution in [0.15, 0.2) is 36.4 Å². The molecule has 2 rings (SSSR count). The van der Waals surface area contributed by atoms with Gasteiger partial charge in [0.15, 0.2) is 5.78 Å². The van der Waals surface area contributed by atoms with Crippen molar-refractivity contribution in [1.82, 2.24) is 0 Å². The fourth-order valence-electron chi connectivity index (χ4n) is 1.74. The summed E-state index contributed by atoms with van der Waals surface area (Å²) >= 11 is 5.84. The lowest BCUT2D eigenvalue weighted by atomic mass is 10.0. The van der Waals surface area contributed by atoms with Crippen LogP contribution in [-0.4, -0.2) is 12.9 Å². The van der Waals surface area contributed by atoms with Crippen molar-refractivity contribution >= 4 is 17.4 Å². The molecule has 2 aromatic carbocycles. The Bertz CT molecular complexity index is 638. The Morgan fingerprint density at radius 1 is 1.21 bits per heavy atom. The van der Waals surface area contributed by atoms with E-state index in [0.29, 0.717) is 21.9 Å². The number of carbonyl (C=O) groups excluding carboxylic acids is 1. The SMILES string of the molecule is COc1cc(Cl)ccc1C(=O)c1ccc(C)c(F)c1. The van der Waals surface area contributed by atoms with E-state index >= 15 is 0 Å². The molecule has 2 aromatic rings. The molecule has 0 atom stereocenters. The Balaban J connectivity index is 2.46. The number of benzene rings is 2. The van der Waals surface area contributed by atoms with Crippen molar-refractivity contribution in [2.75, 3.05) is 7.11 Å². The summed E-state index contributed by atoms with van der Waals surface area (Å²) in [5, 5.41) is 0.475. The number of hydrogen-bond donors (Lipinski definition) is 0. The van der Waals surface area contributed by atoms with Gasteiger partial charge in [-0.05, 0) is 36.8 Å². The van der Waals surface area contributed by atoms with Crippen molar-refractivity contribution in [2.24, 2.45) is 0 Å². The van der Waals surface area contributed by atoms with Crippen molar-refractivity contribution in [3.05, 3.63) is 63.9 Å². The van der Waals surface area contributed by atoms with Crippen molar-refractivity contribution in [1.29, 1.82) is 0 Å². The topological polar surface area (TPSA) is 26.3 Å². The maximum absolute atomic E-state index is 13.5. The molecule has 0 bridgehead atoms. The summed E-state index contributed by atoms with van der Waals surface area (Å²) in [6.45, 7) is 1.65. The first-order valence-corrected chi connectivity index (χ1v) is 6.05. The number of carbonyl (C=O) groups is 1. The van der Waals surface area contributed by atoms with Crippen LogP contribution >= 0.6 is 11.6 Å². The maximum Gasteiger partial charge on any atom is 0.196 e. The number of ether oxygens (including phenoxy) is 1. The molecule has 0 fully saturated rings. The van der Waals surface area contributed by atoms with Crippen LogP contribution < -0.4 is 4.74 Å². The third-order valence-corrected chi connectivity index (χ3v) is 3.08. The Morgan fingerprint density at radius 3 is 2.58 bits per heavy atom. The molecule has 0 heterocycles. The van der Waals surface area contributed by atoms with Crippen LogP contribution in [0, 0.1) is 12.7 Å². The molecule has 0 aliphatic carbocycles. The lowest BCUT2D eigenvalue weighted by molar-refractivity contribution is 0.103. The number of halogens is 2. The highest BCUT2D eigenvalue weighted by Crippen LogP contribution is 2.26. The van der Waals surface area contributed by atoms with Gasteiger partial charge in [0.1, 0.15) is 11.6 Å². The normalized spacial score (nSPS) is 10.3. The Hall–Kier alpha value is -1.87. The maximum atomic E-state index is 13.5. The molecule has 0 aliphatic heterocycles. The number of hydrogen-bond acceptors (Lipinski definition) is 2. The predicted octanol–water partition coefficient (Wildman–Crippen LogP) is 4.03. The minimum Gasteiger partial charge on any atom is -0.496 e. The standard InChI is InChI=1S/C15H12ClFO2/c1-9-3-4-10(7-13(9)17)15(18)12-6-5-11(16)8-14(12)19-2/h3-8H,1-2H3. The molecule has 98 valence electrons. The minimum absolute atomic E-state index is 0.281. The van der Waals surface area contributed by atoms with Crippen LogP contribution in [0.3, 0.4) is 0 Å². The molecular weight excluding hydrogens is 267 g/mol. The van der Waals surface area contributed by atoms with E-state index < -0.39 is 5.82 Å². The molecule has 0 radical (unpaired) electrons. The molecule has 0 saturated carbocycles. The lowest BCUT2D eigenvalue weighted by Gasteiger charge is -2.08. The second kappa shape index (κ2) is 5.41. The summed E-state index contributed by atoms with van der Waals surface area (Å²) < 4.78 is 18.6. The van der Waals surface area contributed by atoms with Gasteiger partial charge in [-0.3, -0.25) is 4.79 Å². The summed E-state index contributed by atoms with van der Waals surface area (Å²) in [4.78, 5) is 12.3. The number of aryl methyl sites for hydroxylation is 1. The van der Waals surface area contributed by atoms with Gasteiger partial charge in [-0.1, -0.05) is 23.7 Å². The van der Waals surface area contributed by atoms with Gasteiger partial charge in [0, 0.05) is 10.6 Å². The second-order valence-corrected chi connectivity index (χ2v) is 4.57. The monoisotopic (exact) mass is 278 g/mol. The van der Waals surface area contributed by atoms with Gasteiger partial charge in [-0.2, -0.15) is 0 Å². The van der Waals surface area contributed by atoms with E-state index in [9.17, 15) is 9.18 Å². The minimum atomic E-state index is -0.404. The molecule has 2 nitrogen and oxygen atoms in total. The zero-order valence-electron chi connectivity index (χ0n) is 10.5. The third-order valence-electron chi connectivity index (χ3n) is 2.84. The van der Waals surface area contributed by atoms with Crippen molar-refractivity contribution in [2.45, 2.75) is 6.92 Å². The molecule has 4 heteroatoms. The van der Waals surface area contributed by atoms with Crippen LogP contribution in [-0.2, 0) is 0 Å². The molecule has 0 spiro atoms. The fourth-order valence-corrected chi connectivity index (χ4v) is 1.90. The van der Waals surface area contributed by atoms with Crippen LogP contribution in [0.25, 0.3) is 0 Å². The Kier molecular flexibility index (Phi) is 3.86. The average molecular weight is 279 g/mol. The van der Waals surface area contributed by atoms with Gasteiger partial charge >= 0.3 is 0 Å². The summed E-state index contributed by atoms with van der Waals surface area (Å²) in [6.07, 6.45) is 0. The van der Waals surface area contributed by atoms with Gasteiger partial charge in [-0.15, -0.1) is 0 Å². The van der Waals surface area contributed by atoms with E-state index in [1.807, 2.05) is 0 Å². The molecule has 0 amide bonds. The fraction of sp³-hybridized carbons (Fsp3) is 0.133. The van der Waals surface area contributed by atoms with Gasteiger partial charge in [0.2, 0.25) is 0 Å². The van der Waals surface area contributed by atoms with Crippen molar-refractivity contribution in [3.8, 4) is 5.75 Å². The molecule has 19 heavy (non-hydrogen) atoms. The van der Waals surface area contributed by atoms with E-state index in [4.69, 9.17) is 16.3 Å². The van der Waals surface area contributed by atoms with E-state index in [2.05, 4.69) is 0 Å². The van der Waals surface area contributed by atoms with Crippen LogP contribution in [0.1, 0.15) is 21.5 Å². The summed E-state index contributed by atoms with van der Waals surface area (Å²) in [5.41, 5.74) is 1.14. The molecule has 0 N–H and O–H groups in total. The number of methoxy groups -OCH3 is 1. The molecule has 0 aliphatic rings. The van der Waals surface area contributed by atoms with Crippen LogP contribution in [0.5, 0.6) is 5.75 Å². The first-order chi connectivity index (χ1) is 9.02. The highest BCUT2D eigenvalue weighted by molar-refractivity contribution is 6.31. The highest BCUT2D eigenvalue weighted by atomic mass is 35.5. The summed E-state index contributed by atoms with van der Waals surface area (Å²) in [5.74, 6) is -0.329. The van der Waals surface area contributed by atoms with E-state index in [1.165, 1.54) is 13.2 Å². The predicted molar refractivity (Wildman–Crippen MR) is 72.6 cm³/mol. The van der Waals surface area contributed by atoms with E-state index in [-0.39, 0.29) is 11.3 Å².